The van der Waals surface area contributed by atoms with Crippen molar-refractivity contribution < 1.29 is 23.8 Å². The molecule has 4 rings (SSSR count). The van der Waals surface area contributed by atoms with Crippen molar-refractivity contribution in [2.24, 2.45) is 5.92 Å². The summed E-state index contributed by atoms with van der Waals surface area (Å²) in [6.45, 7) is 3.38. The number of rotatable bonds is 11. The fourth-order valence-electron chi connectivity index (χ4n) is 4.69. The number of Topliss-reactive ketones (excluding diaryl/α,β-unsaturated/α-hetero) is 1. The van der Waals surface area contributed by atoms with Crippen LogP contribution in [0.5, 0.6) is 5.75 Å². The summed E-state index contributed by atoms with van der Waals surface area (Å²) in [5, 5.41) is 1.02. The quantitative estimate of drug-likeness (QED) is 0.285. The van der Waals surface area contributed by atoms with Crippen molar-refractivity contribution in [1.82, 2.24) is 9.55 Å². The number of ether oxygens (including phenoxy) is 3. The number of fused-ring (bicyclic) bond motifs is 1. The fourth-order valence-corrected chi connectivity index (χ4v) is 4.69. The summed E-state index contributed by atoms with van der Waals surface area (Å²) in [6, 6.07) is 13.5. The van der Waals surface area contributed by atoms with Gasteiger partial charge in [0.25, 0.3) is 0 Å². The Balaban J connectivity index is 1.35. The first-order valence-corrected chi connectivity index (χ1v) is 12.5. The molecule has 0 bridgehead atoms. The lowest BCUT2D eigenvalue weighted by molar-refractivity contribution is -0.153. The zero-order valence-electron chi connectivity index (χ0n) is 20.6. The largest absolute Gasteiger partial charge is 0.492 e. The van der Waals surface area contributed by atoms with E-state index in [0.29, 0.717) is 31.9 Å². The number of hydrogen-bond acceptors (Lipinski definition) is 6. The molecule has 186 valence electrons. The third-order valence-electron chi connectivity index (χ3n) is 6.62. The Kier molecular flexibility index (Phi) is 8.53. The number of carbonyl (C=O) groups excluding carboxylic acids is 2. The van der Waals surface area contributed by atoms with Crippen LogP contribution in [0.4, 0.5) is 0 Å². The normalized spacial score (nSPS) is 15.1. The van der Waals surface area contributed by atoms with Gasteiger partial charge in [-0.15, -0.1) is 0 Å². The molecule has 35 heavy (non-hydrogen) atoms. The lowest BCUT2D eigenvalue weighted by atomic mass is 9.85. The van der Waals surface area contributed by atoms with E-state index in [2.05, 4.69) is 0 Å². The minimum atomic E-state index is -0.610. The van der Waals surface area contributed by atoms with Gasteiger partial charge in [-0.25, -0.2) is 9.78 Å². The van der Waals surface area contributed by atoms with Crippen LogP contribution in [-0.2, 0) is 27.2 Å². The third-order valence-corrected chi connectivity index (χ3v) is 6.62. The van der Waals surface area contributed by atoms with Gasteiger partial charge in [0, 0.05) is 30.5 Å². The Morgan fingerprint density at radius 2 is 1.83 bits per heavy atom. The van der Waals surface area contributed by atoms with Crippen molar-refractivity contribution >= 4 is 22.8 Å². The molecule has 1 fully saturated rings. The summed E-state index contributed by atoms with van der Waals surface area (Å²) in [7, 11) is 1.37. The Labute approximate surface area is 206 Å². The highest BCUT2D eigenvalue weighted by Crippen LogP contribution is 2.27. The van der Waals surface area contributed by atoms with E-state index in [1.807, 2.05) is 60.2 Å². The maximum atomic E-state index is 12.9. The molecule has 0 radical (unpaired) electrons. The minimum absolute atomic E-state index is 0.111. The highest BCUT2D eigenvalue weighted by atomic mass is 16.6. The average molecular weight is 479 g/mol. The number of esters is 1. The number of pyridine rings is 1. The van der Waals surface area contributed by atoms with E-state index in [1.165, 1.54) is 13.5 Å². The number of aromatic nitrogens is 2. The Morgan fingerprint density at radius 1 is 1.06 bits per heavy atom. The minimum Gasteiger partial charge on any atom is -0.492 e. The van der Waals surface area contributed by atoms with Crippen LogP contribution in [0.15, 0.2) is 48.7 Å². The molecular weight excluding hydrogens is 444 g/mol. The van der Waals surface area contributed by atoms with Gasteiger partial charge in [-0.3, -0.25) is 4.79 Å². The molecule has 0 spiro atoms. The highest BCUT2D eigenvalue weighted by molar-refractivity contribution is 5.97. The second-order valence-corrected chi connectivity index (χ2v) is 8.98. The predicted octanol–water partition coefficient (Wildman–Crippen LogP) is 5.00. The maximum absolute atomic E-state index is 12.9. The van der Waals surface area contributed by atoms with Gasteiger partial charge in [0.1, 0.15) is 23.7 Å². The van der Waals surface area contributed by atoms with E-state index >= 15 is 0 Å². The Hall–Kier alpha value is -3.19. The lowest BCUT2D eigenvalue weighted by Gasteiger charge is -2.19. The van der Waals surface area contributed by atoms with Crippen molar-refractivity contribution in [3.63, 3.8) is 0 Å². The van der Waals surface area contributed by atoms with Gasteiger partial charge in [-0.1, -0.05) is 31.4 Å². The molecule has 2 heterocycles. The summed E-state index contributed by atoms with van der Waals surface area (Å²) >= 11 is 0. The molecule has 1 aliphatic rings. The van der Waals surface area contributed by atoms with Crippen LogP contribution in [0.25, 0.3) is 11.0 Å². The molecule has 0 amide bonds. The summed E-state index contributed by atoms with van der Waals surface area (Å²) in [4.78, 5) is 29.5. The molecule has 1 saturated carbocycles. The molecule has 0 aliphatic heterocycles. The summed E-state index contributed by atoms with van der Waals surface area (Å²) in [5.41, 5.74) is 2.35. The average Bonchev–Trinajstić information content (AvgIpc) is 3.31. The van der Waals surface area contributed by atoms with Crippen LogP contribution in [0.2, 0.25) is 0 Å². The molecule has 1 aliphatic carbocycles. The van der Waals surface area contributed by atoms with Gasteiger partial charge in [-0.2, -0.15) is 0 Å². The van der Waals surface area contributed by atoms with Crippen molar-refractivity contribution in [2.75, 3.05) is 20.3 Å². The first-order chi connectivity index (χ1) is 17.1. The smallest absolute Gasteiger partial charge is 0.335 e. The monoisotopic (exact) mass is 478 g/mol. The van der Waals surface area contributed by atoms with Crippen LogP contribution in [0.1, 0.15) is 55.1 Å². The van der Waals surface area contributed by atoms with E-state index in [4.69, 9.17) is 19.2 Å². The zero-order valence-corrected chi connectivity index (χ0v) is 20.6. The molecule has 7 nitrogen and oxygen atoms in total. The Morgan fingerprint density at radius 3 is 2.54 bits per heavy atom. The molecule has 3 aromatic rings. The van der Waals surface area contributed by atoms with Gasteiger partial charge < -0.3 is 18.8 Å². The number of ketones is 1. The first-order valence-electron chi connectivity index (χ1n) is 12.5. The molecular formula is C28H34N2O5. The SMILES string of the molecule is CCOC(Cc1ccc(OCCn2ccc3ccc(C(=O)C4CCCCC4)nc32)cc1)C(=O)OC. The van der Waals surface area contributed by atoms with E-state index in [0.717, 1.165) is 48.0 Å². The van der Waals surface area contributed by atoms with Crippen LogP contribution < -0.4 is 4.74 Å². The second kappa shape index (κ2) is 12.0. The number of hydrogen-bond donors (Lipinski definition) is 0. The summed E-state index contributed by atoms with van der Waals surface area (Å²) in [5.74, 6) is 0.662. The topological polar surface area (TPSA) is 79.7 Å². The number of carbonyl (C=O) groups is 2. The van der Waals surface area contributed by atoms with E-state index in [1.54, 1.807) is 0 Å². The van der Waals surface area contributed by atoms with Gasteiger partial charge in [0.05, 0.1) is 13.7 Å². The van der Waals surface area contributed by atoms with Gasteiger partial charge >= 0.3 is 5.97 Å². The predicted molar refractivity (Wildman–Crippen MR) is 134 cm³/mol. The van der Waals surface area contributed by atoms with E-state index in [-0.39, 0.29) is 17.7 Å². The molecule has 2 aromatic heterocycles. The van der Waals surface area contributed by atoms with Crippen LogP contribution in [0.3, 0.4) is 0 Å². The number of nitrogens with zero attached hydrogens (tertiary/aromatic N) is 2. The lowest BCUT2D eigenvalue weighted by Crippen LogP contribution is -2.28. The van der Waals surface area contributed by atoms with E-state index < -0.39 is 6.10 Å². The summed E-state index contributed by atoms with van der Waals surface area (Å²) in [6.07, 6.45) is 7.26. The van der Waals surface area contributed by atoms with Crippen LogP contribution >= 0.6 is 0 Å². The molecule has 7 heteroatoms. The van der Waals surface area contributed by atoms with Crippen molar-refractivity contribution in [1.29, 1.82) is 0 Å². The maximum Gasteiger partial charge on any atom is 0.335 e. The Bertz CT molecular complexity index is 1130. The molecule has 1 aromatic carbocycles. The third kappa shape index (κ3) is 6.28. The molecule has 1 atom stereocenters. The second-order valence-electron chi connectivity index (χ2n) is 8.98. The highest BCUT2D eigenvalue weighted by Gasteiger charge is 2.24. The zero-order chi connectivity index (χ0) is 24.6. The van der Waals surface area contributed by atoms with Gasteiger partial charge in [0.15, 0.2) is 11.9 Å². The molecule has 0 N–H and O–H groups in total. The number of methoxy groups -OCH3 is 1. The first kappa shape index (κ1) is 24.9. The molecule has 0 saturated heterocycles. The standard InChI is InChI=1S/C28H34N2O5/c1-3-34-25(28(32)33-2)19-20-9-12-23(13-10-20)35-18-17-30-16-15-22-11-14-24(29-27(22)30)26(31)21-7-5-4-6-8-21/h9-16,21,25H,3-8,17-19H2,1-2H3. The van der Waals surface area contributed by atoms with Crippen LogP contribution in [-0.4, -0.2) is 47.7 Å². The van der Waals surface area contributed by atoms with Crippen molar-refractivity contribution in [3.8, 4) is 5.75 Å². The summed E-state index contributed by atoms with van der Waals surface area (Å²) < 4.78 is 18.3. The van der Waals surface area contributed by atoms with E-state index in [9.17, 15) is 9.59 Å². The van der Waals surface area contributed by atoms with Crippen LogP contribution in [0, 0.1) is 5.92 Å². The number of benzene rings is 1. The molecule has 1 unspecified atom stereocenters. The van der Waals surface area contributed by atoms with Crippen molar-refractivity contribution in [3.05, 3.63) is 59.9 Å². The van der Waals surface area contributed by atoms with Gasteiger partial charge in [-0.05, 0) is 55.7 Å². The van der Waals surface area contributed by atoms with Crippen molar-refractivity contribution in [2.45, 2.75) is 58.1 Å². The van der Waals surface area contributed by atoms with Gasteiger partial charge in [0.2, 0.25) is 0 Å². The fraction of sp³-hybridized carbons (Fsp3) is 0.464.